The van der Waals surface area contributed by atoms with Crippen LogP contribution in [0.25, 0.3) is 0 Å². The number of hydrogen-bond acceptors (Lipinski definition) is 5. The molecule has 6 nitrogen and oxygen atoms in total. The molecule has 2 aliphatic heterocycles. The molecule has 1 saturated carbocycles. The highest BCUT2D eigenvalue weighted by molar-refractivity contribution is 7.92. The molecule has 158 valence electrons. The van der Waals surface area contributed by atoms with E-state index in [1.165, 1.54) is 12.8 Å². The third-order valence-electron chi connectivity index (χ3n) is 6.68. The zero-order valence-electron chi connectivity index (χ0n) is 18.4. The Kier molecular flexibility index (Phi) is 4.72. The second-order valence-corrected chi connectivity index (χ2v) is 12.5. The van der Waals surface area contributed by atoms with Crippen LogP contribution in [0, 0.1) is 5.92 Å². The third-order valence-corrected chi connectivity index (χ3v) is 7.31. The highest BCUT2D eigenvalue weighted by Gasteiger charge is 2.52. The number of rotatable bonds is 4. The molecule has 3 aliphatic rings. The lowest BCUT2D eigenvalue weighted by Gasteiger charge is -2.32. The second kappa shape index (κ2) is 6.56. The summed E-state index contributed by atoms with van der Waals surface area (Å²) in [6.45, 7) is 10.7. The minimum absolute atomic E-state index is 0.0118. The van der Waals surface area contributed by atoms with E-state index in [-0.39, 0.29) is 11.9 Å². The van der Waals surface area contributed by atoms with E-state index in [4.69, 9.17) is 9.31 Å². The van der Waals surface area contributed by atoms with Gasteiger partial charge in [0.15, 0.2) is 0 Å². The fraction of sp³-hybridized carbons (Fsp3) is 0.667. The molecule has 0 spiro atoms. The Morgan fingerprint density at radius 3 is 2.28 bits per heavy atom. The van der Waals surface area contributed by atoms with Crippen LogP contribution in [0.15, 0.2) is 16.5 Å². The van der Waals surface area contributed by atoms with Crippen molar-refractivity contribution in [1.82, 2.24) is 4.90 Å². The summed E-state index contributed by atoms with van der Waals surface area (Å²) >= 11 is 0. The predicted molar refractivity (Wildman–Crippen MR) is 116 cm³/mol. The highest BCUT2D eigenvalue weighted by Crippen LogP contribution is 2.41. The van der Waals surface area contributed by atoms with Gasteiger partial charge in [-0.1, -0.05) is 6.07 Å². The Bertz CT molecular complexity index is 969. The fourth-order valence-electron chi connectivity index (χ4n) is 4.07. The zero-order chi connectivity index (χ0) is 21.4. The van der Waals surface area contributed by atoms with Gasteiger partial charge in [-0.2, -0.15) is 4.36 Å². The molecule has 1 saturated heterocycles. The molecular weight excluding hydrogens is 387 g/mol. The van der Waals surface area contributed by atoms with E-state index in [0.717, 1.165) is 11.0 Å². The predicted octanol–water partition coefficient (Wildman–Crippen LogP) is 3.10. The van der Waals surface area contributed by atoms with Gasteiger partial charge in [-0.3, -0.25) is 4.79 Å². The normalized spacial score (nSPS) is 24.0. The first-order chi connectivity index (χ1) is 13.3. The Morgan fingerprint density at radius 2 is 1.76 bits per heavy atom. The van der Waals surface area contributed by atoms with Crippen molar-refractivity contribution in [2.45, 2.75) is 71.2 Å². The molecule has 2 heterocycles. The van der Waals surface area contributed by atoms with Gasteiger partial charge in [0.25, 0.3) is 5.91 Å². The standard InChI is InChI=1S/C21H31BN2O4S/c1-13(14-8-9-14)24-12-15-10-16(22-27-20(2,3)21(4,5)28-22)11-17(18(15)19(24)25)23-29(6,7)26/h10-11,13-14H,8-9,12H2,1-7H3/t13-/m0/s1. The summed E-state index contributed by atoms with van der Waals surface area (Å²) in [4.78, 5) is 15.2. The third kappa shape index (κ3) is 3.75. The molecule has 0 aromatic heterocycles. The Labute approximate surface area is 174 Å². The minimum atomic E-state index is -2.43. The average Bonchev–Trinajstić information content (AvgIpc) is 3.31. The molecule has 1 atom stereocenters. The van der Waals surface area contributed by atoms with Crippen molar-refractivity contribution in [1.29, 1.82) is 0 Å². The molecule has 8 heteroatoms. The quantitative estimate of drug-likeness (QED) is 0.705. The summed E-state index contributed by atoms with van der Waals surface area (Å²) in [5.74, 6) is 0.570. The van der Waals surface area contributed by atoms with E-state index in [1.807, 2.05) is 44.7 Å². The smallest absolute Gasteiger partial charge is 0.399 e. The molecular formula is C21H31BN2O4S. The van der Waals surface area contributed by atoms with Crippen molar-refractivity contribution in [2.24, 2.45) is 10.3 Å². The highest BCUT2D eigenvalue weighted by atomic mass is 32.2. The van der Waals surface area contributed by atoms with Crippen LogP contribution in [0.1, 0.15) is 63.4 Å². The molecule has 1 aliphatic carbocycles. The maximum Gasteiger partial charge on any atom is 0.494 e. The van der Waals surface area contributed by atoms with Crippen molar-refractivity contribution in [3.05, 3.63) is 23.3 Å². The van der Waals surface area contributed by atoms with Gasteiger partial charge in [-0.05, 0) is 70.5 Å². The largest absolute Gasteiger partial charge is 0.494 e. The number of nitrogens with zero attached hydrogens (tertiary/aromatic N) is 2. The molecule has 2 fully saturated rings. The molecule has 1 amide bonds. The minimum Gasteiger partial charge on any atom is -0.399 e. The van der Waals surface area contributed by atoms with Crippen LogP contribution < -0.4 is 5.46 Å². The molecule has 4 rings (SSSR count). The Balaban J connectivity index is 1.78. The van der Waals surface area contributed by atoms with Crippen LogP contribution in [0.2, 0.25) is 0 Å². The summed E-state index contributed by atoms with van der Waals surface area (Å²) in [6, 6.07) is 4.02. The van der Waals surface area contributed by atoms with Gasteiger partial charge < -0.3 is 14.2 Å². The lowest BCUT2D eigenvalue weighted by Crippen LogP contribution is -2.41. The van der Waals surface area contributed by atoms with Gasteiger partial charge in [0.1, 0.15) is 0 Å². The SMILES string of the molecule is C[C@@H](C1CC1)N1Cc2cc(B3OC(C)(C)C(C)(C)O3)cc(N=S(C)(C)=O)c2C1=O. The Hall–Kier alpha value is -1.38. The summed E-state index contributed by atoms with van der Waals surface area (Å²) in [7, 11) is -2.97. The van der Waals surface area contributed by atoms with Crippen LogP contribution in [0.5, 0.6) is 0 Å². The van der Waals surface area contributed by atoms with E-state index in [2.05, 4.69) is 11.3 Å². The van der Waals surface area contributed by atoms with Crippen molar-refractivity contribution < 1.29 is 18.3 Å². The number of carbonyl (C=O) groups excluding carboxylic acids is 1. The van der Waals surface area contributed by atoms with Crippen LogP contribution in [-0.2, 0) is 25.6 Å². The Morgan fingerprint density at radius 1 is 1.17 bits per heavy atom. The number of amides is 1. The first-order valence-corrected chi connectivity index (χ1v) is 12.6. The van der Waals surface area contributed by atoms with Crippen molar-refractivity contribution in [2.75, 3.05) is 12.5 Å². The van der Waals surface area contributed by atoms with Crippen molar-refractivity contribution in [3.8, 4) is 0 Å². The number of benzene rings is 1. The van der Waals surface area contributed by atoms with Crippen LogP contribution in [0.4, 0.5) is 5.69 Å². The monoisotopic (exact) mass is 418 g/mol. The molecule has 1 aromatic rings. The lowest BCUT2D eigenvalue weighted by molar-refractivity contribution is 0.00578. The maximum atomic E-state index is 13.2. The molecule has 29 heavy (non-hydrogen) atoms. The zero-order valence-corrected chi connectivity index (χ0v) is 19.3. The molecule has 0 N–H and O–H groups in total. The van der Waals surface area contributed by atoms with Gasteiger partial charge in [0.2, 0.25) is 0 Å². The molecule has 0 unspecified atom stereocenters. The number of carbonyl (C=O) groups is 1. The van der Waals surface area contributed by atoms with Gasteiger partial charge in [0.05, 0.1) is 22.5 Å². The fourth-order valence-corrected chi connectivity index (χ4v) is 4.68. The van der Waals surface area contributed by atoms with Crippen LogP contribution in [-0.4, -0.2) is 51.9 Å². The van der Waals surface area contributed by atoms with E-state index < -0.39 is 28.0 Å². The molecule has 1 aromatic carbocycles. The van der Waals surface area contributed by atoms with E-state index >= 15 is 0 Å². The maximum absolute atomic E-state index is 13.2. The summed E-state index contributed by atoms with van der Waals surface area (Å²) < 4.78 is 29.3. The van der Waals surface area contributed by atoms with Crippen molar-refractivity contribution in [3.63, 3.8) is 0 Å². The molecule has 0 bridgehead atoms. The number of hydrogen-bond donors (Lipinski definition) is 0. The second-order valence-electron chi connectivity index (χ2n) is 9.95. The van der Waals surface area contributed by atoms with Gasteiger partial charge in [0, 0.05) is 34.8 Å². The van der Waals surface area contributed by atoms with Gasteiger partial charge in [-0.25, -0.2) is 4.21 Å². The first kappa shape index (κ1) is 20.9. The lowest BCUT2D eigenvalue weighted by atomic mass is 9.77. The van der Waals surface area contributed by atoms with E-state index in [0.29, 0.717) is 23.7 Å². The van der Waals surface area contributed by atoms with Gasteiger partial charge in [-0.15, -0.1) is 0 Å². The topological polar surface area (TPSA) is 68.2 Å². The van der Waals surface area contributed by atoms with Crippen LogP contribution >= 0.6 is 0 Å². The van der Waals surface area contributed by atoms with E-state index in [9.17, 15) is 9.00 Å². The van der Waals surface area contributed by atoms with E-state index in [1.54, 1.807) is 12.5 Å². The summed E-state index contributed by atoms with van der Waals surface area (Å²) in [6.07, 6.45) is 5.53. The molecule has 0 radical (unpaired) electrons. The first-order valence-electron chi connectivity index (χ1n) is 10.3. The van der Waals surface area contributed by atoms with Gasteiger partial charge >= 0.3 is 7.12 Å². The average molecular weight is 418 g/mol. The summed E-state index contributed by atoms with van der Waals surface area (Å²) in [5.41, 5.74) is 1.88. The van der Waals surface area contributed by atoms with Crippen LogP contribution in [0.3, 0.4) is 0 Å². The number of fused-ring (bicyclic) bond motifs is 1. The summed E-state index contributed by atoms with van der Waals surface area (Å²) in [5, 5.41) is 0. The van der Waals surface area contributed by atoms with Crippen molar-refractivity contribution >= 4 is 33.9 Å².